The van der Waals surface area contributed by atoms with Crippen molar-refractivity contribution in [2.45, 2.75) is 9.79 Å². The molecule has 0 aromatic heterocycles. The highest BCUT2D eigenvalue weighted by atomic mass is 32.2. The fourth-order valence-corrected chi connectivity index (χ4v) is 6.15. The second kappa shape index (κ2) is 8.34. The van der Waals surface area contributed by atoms with Gasteiger partial charge in [0, 0.05) is 12.7 Å². The van der Waals surface area contributed by atoms with Crippen LogP contribution in [0.4, 0.5) is 11.4 Å². The summed E-state index contributed by atoms with van der Waals surface area (Å²) in [5, 5.41) is 2.46. The Kier molecular flexibility index (Phi) is 5.68. The maximum Gasteiger partial charge on any atom is 0.269 e. The number of amides is 2. The minimum Gasteiger partial charge on any atom is -0.324 e. The second-order valence-electron chi connectivity index (χ2n) is 7.20. The van der Waals surface area contributed by atoms with E-state index in [9.17, 15) is 26.4 Å². The Morgan fingerprint density at radius 2 is 1.64 bits per heavy atom. The lowest BCUT2D eigenvalue weighted by molar-refractivity contribution is -0.116. The lowest BCUT2D eigenvalue weighted by atomic mass is 10.2. The quantitative estimate of drug-likeness (QED) is 0.572. The topological polar surface area (TPSA) is 121 Å². The number of hydrogen-bond donors (Lipinski definition) is 1. The van der Waals surface area contributed by atoms with E-state index in [0.717, 1.165) is 4.31 Å². The minimum absolute atomic E-state index is 0.00217. The first kappa shape index (κ1) is 22.5. The maximum atomic E-state index is 13.0. The van der Waals surface area contributed by atoms with Gasteiger partial charge in [-0.25, -0.2) is 21.1 Å². The van der Waals surface area contributed by atoms with Gasteiger partial charge in [-0.05, 0) is 42.5 Å². The van der Waals surface area contributed by atoms with Crippen LogP contribution in [-0.4, -0.2) is 46.5 Å². The van der Waals surface area contributed by atoms with Crippen LogP contribution in [0.25, 0.3) is 0 Å². The molecule has 1 N–H and O–H groups in total. The largest absolute Gasteiger partial charge is 0.324 e. The lowest BCUT2D eigenvalue weighted by Gasteiger charge is -2.20. The molecule has 33 heavy (non-hydrogen) atoms. The van der Waals surface area contributed by atoms with Crippen molar-refractivity contribution < 1.29 is 26.4 Å². The fourth-order valence-electron chi connectivity index (χ4n) is 3.39. The van der Waals surface area contributed by atoms with Gasteiger partial charge in [-0.15, -0.1) is 0 Å². The van der Waals surface area contributed by atoms with E-state index in [0.29, 0.717) is 9.99 Å². The van der Waals surface area contributed by atoms with Crippen molar-refractivity contribution in [3.05, 3.63) is 84.4 Å². The van der Waals surface area contributed by atoms with Crippen molar-refractivity contribution in [2.24, 2.45) is 0 Å². The summed E-state index contributed by atoms with van der Waals surface area (Å²) in [4.78, 5) is 24.8. The van der Waals surface area contributed by atoms with Crippen molar-refractivity contribution >= 4 is 43.2 Å². The van der Waals surface area contributed by atoms with Gasteiger partial charge in [-0.1, -0.05) is 36.4 Å². The number of carbonyl (C=O) groups excluding carboxylic acids is 2. The molecule has 1 heterocycles. The molecule has 170 valence electrons. The molecule has 0 radical (unpaired) electrons. The predicted molar refractivity (Wildman–Crippen MR) is 122 cm³/mol. The van der Waals surface area contributed by atoms with Crippen LogP contribution >= 0.6 is 0 Å². The molecule has 0 saturated carbocycles. The van der Waals surface area contributed by atoms with Crippen LogP contribution in [0.3, 0.4) is 0 Å². The summed E-state index contributed by atoms with van der Waals surface area (Å²) in [6.07, 6.45) is 0. The van der Waals surface area contributed by atoms with E-state index in [1.54, 1.807) is 30.3 Å². The van der Waals surface area contributed by atoms with Gasteiger partial charge in [-0.3, -0.25) is 13.9 Å². The van der Waals surface area contributed by atoms with E-state index in [1.165, 1.54) is 55.6 Å². The Bertz CT molecular complexity index is 1450. The summed E-state index contributed by atoms with van der Waals surface area (Å²) >= 11 is 0. The maximum absolute atomic E-state index is 13.0. The third-order valence-corrected chi connectivity index (χ3v) is 8.66. The fraction of sp³-hybridized carbons (Fsp3) is 0.0909. The Morgan fingerprint density at radius 3 is 2.33 bits per heavy atom. The molecule has 4 rings (SSSR count). The standard InChI is InChI=1S/C22H19N3O6S2/c1-24(17-9-3-2-4-10-17)32(28,29)18-11-7-8-16(14-18)23-21(26)15-25-22(27)19-12-5-6-13-20(19)33(25,30)31/h2-14H,15H2,1H3,(H,23,26). The number of para-hydroxylation sites is 1. The van der Waals surface area contributed by atoms with Gasteiger partial charge in [0.25, 0.3) is 26.0 Å². The SMILES string of the molecule is CN(c1ccccc1)S(=O)(=O)c1cccc(NC(=O)CN2C(=O)c3ccccc3S2(=O)=O)c1. The molecule has 0 spiro atoms. The number of anilines is 2. The molecule has 0 saturated heterocycles. The van der Waals surface area contributed by atoms with Gasteiger partial charge in [-0.2, -0.15) is 0 Å². The lowest BCUT2D eigenvalue weighted by Crippen LogP contribution is -2.37. The molecule has 3 aromatic carbocycles. The molecule has 3 aromatic rings. The van der Waals surface area contributed by atoms with Crippen molar-refractivity contribution in [3.63, 3.8) is 0 Å². The molecule has 0 bridgehead atoms. The molecular formula is C22H19N3O6S2. The first-order valence-corrected chi connectivity index (χ1v) is 12.6. The number of sulfonamides is 2. The van der Waals surface area contributed by atoms with E-state index in [-0.39, 0.29) is 21.0 Å². The van der Waals surface area contributed by atoms with Gasteiger partial charge in [0.1, 0.15) is 11.4 Å². The molecule has 0 atom stereocenters. The second-order valence-corrected chi connectivity index (χ2v) is 11.0. The van der Waals surface area contributed by atoms with Crippen molar-refractivity contribution in [3.8, 4) is 0 Å². The Balaban J connectivity index is 1.53. The van der Waals surface area contributed by atoms with Gasteiger partial charge in [0.15, 0.2) is 0 Å². The Labute approximate surface area is 191 Å². The van der Waals surface area contributed by atoms with E-state index in [1.807, 2.05) is 0 Å². The highest BCUT2D eigenvalue weighted by Gasteiger charge is 2.41. The van der Waals surface area contributed by atoms with Crippen LogP contribution < -0.4 is 9.62 Å². The zero-order valence-electron chi connectivity index (χ0n) is 17.4. The highest BCUT2D eigenvalue weighted by Crippen LogP contribution is 2.30. The van der Waals surface area contributed by atoms with E-state index >= 15 is 0 Å². The predicted octanol–water partition coefficient (Wildman–Crippen LogP) is 2.29. The summed E-state index contributed by atoms with van der Waals surface area (Å²) in [5.74, 6) is -1.58. The molecule has 0 aliphatic carbocycles. The first-order chi connectivity index (χ1) is 15.6. The summed E-state index contributed by atoms with van der Waals surface area (Å²) in [5.41, 5.74) is 0.607. The molecule has 0 fully saturated rings. The van der Waals surface area contributed by atoms with Gasteiger partial charge < -0.3 is 5.32 Å². The number of rotatable bonds is 6. The van der Waals surface area contributed by atoms with Gasteiger partial charge in [0.2, 0.25) is 5.91 Å². The number of carbonyl (C=O) groups is 2. The smallest absolute Gasteiger partial charge is 0.269 e. The molecule has 1 aliphatic rings. The summed E-state index contributed by atoms with van der Waals surface area (Å²) in [6.45, 7) is -0.739. The number of nitrogens with one attached hydrogen (secondary N) is 1. The summed E-state index contributed by atoms with van der Waals surface area (Å²) < 4.78 is 52.8. The van der Waals surface area contributed by atoms with Gasteiger partial charge in [0.05, 0.1) is 16.1 Å². The average Bonchev–Trinajstić information content (AvgIpc) is 3.00. The van der Waals surface area contributed by atoms with Crippen LogP contribution in [0.5, 0.6) is 0 Å². The average molecular weight is 486 g/mol. The molecule has 0 unspecified atom stereocenters. The van der Waals surface area contributed by atoms with Crippen LogP contribution in [0.15, 0.2) is 88.7 Å². The van der Waals surface area contributed by atoms with Crippen LogP contribution in [0.2, 0.25) is 0 Å². The zero-order chi connectivity index (χ0) is 23.8. The Hall–Kier alpha value is -3.70. The van der Waals surface area contributed by atoms with E-state index < -0.39 is 38.4 Å². The third kappa shape index (κ3) is 4.08. The van der Waals surface area contributed by atoms with Crippen molar-refractivity contribution in [2.75, 3.05) is 23.2 Å². The highest BCUT2D eigenvalue weighted by molar-refractivity contribution is 7.92. The van der Waals surface area contributed by atoms with E-state index in [4.69, 9.17) is 0 Å². The van der Waals surface area contributed by atoms with Gasteiger partial charge >= 0.3 is 0 Å². The molecule has 11 heteroatoms. The van der Waals surface area contributed by atoms with E-state index in [2.05, 4.69) is 5.32 Å². The normalized spacial score (nSPS) is 14.6. The number of hydrogen-bond acceptors (Lipinski definition) is 6. The van der Waals surface area contributed by atoms with Crippen LogP contribution in [0, 0.1) is 0 Å². The van der Waals surface area contributed by atoms with Crippen molar-refractivity contribution in [1.82, 2.24) is 4.31 Å². The summed E-state index contributed by atoms with van der Waals surface area (Å²) in [6, 6.07) is 19.8. The summed E-state index contributed by atoms with van der Waals surface area (Å²) in [7, 11) is -6.64. The van der Waals surface area contributed by atoms with Crippen molar-refractivity contribution in [1.29, 1.82) is 0 Å². The number of benzene rings is 3. The number of nitrogens with zero attached hydrogens (tertiary/aromatic N) is 2. The molecule has 2 amide bonds. The molecule has 9 nitrogen and oxygen atoms in total. The molecule has 1 aliphatic heterocycles. The number of fused-ring (bicyclic) bond motifs is 1. The monoisotopic (exact) mass is 485 g/mol. The van der Waals surface area contributed by atoms with Crippen LogP contribution in [0.1, 0.15) is 10.4 Å². The molecular weight excluding hydrogens is 466 g/mol. The first-order valence-electron chi connectivity index (χ1n) is 9.72. The van der Waals surface area contributed by atoms with Crippen LogP contribution in [-0.2, 0) is 24.8 Å². The zero-order valence-corrected chi connectivity index (χ0v) is 19.0. The minimum atomic E-state index is -4.14. The Morgan fingerprint density at radius 1 is 0.970 bits per heavy atom. The third-order valence-electron chi connectivity index (χ3n) is 5.10.